The first kappa shape index (κ1) is 14.1. The summed E-state index contributed by atoms with van der Waals surface area (Å²) < 4.78 is 5.41. The van der Waals surface area contributed by atoms with Gasteiger partial charge in [-0.1, -0.05) is 0 Å². The Balaban J connectivity index is 2.36. The normalized spacial score (nSPS) is 10.8. The molecule has 1 rings (SSSR count). The van der Waals surface area contributed by atoms with Gasteiger partial charge in [-0.3, -0.25) is 4.79 Å². The quantitative estimate of drug-likeness (QED) is 0.769. The average molecular weight is 305 g/mol. The molecule has 0 saturated carbocycles. The third kappa shape index (κ3) is 4.84. The fourth-order valence-corrected chi connectivity index (χ4v) is 1.59. The third-order valence-corrected chi connectivity index (χ3v) is 3.00. The number of aromatic nitrogens is 2. The molecule has 17 heavy (non-hydrogen) atoms. The number of rotatable bonds is 7. The number of likely N-dealkylation sites (N-methyl/N-ethyl adjacent to an activating group) is 1. The third-order valence-electron chi connectivity index (χ3n) is 2.26. The van der Waals surface area contributed by atoms with E-state index in [-0.39, 0.29) is 5.56 Å². The first-order valence-corrected chi connectivity index (χ1v) is 6.09. The van der Waals surface area contributed by atoms with Crippen LogP contribution >= 0.6 is 15.9 Å². The molecule has 0 saturated heterocycles. The SMILES string of the molecule is COCCN(C)CCNc1nc[nH]c(=O)c1Br. The van der Waals surface area contributed by atoms with Crippen LogP contribution in [-0.4, -0.2) is 55.3 Å². The van der Waals surface area contributed by atoms with Crippen LogP contribution in [0.25, 0.3) is 0 Å². The Hall–Kier alpha value is -0.920. The van der Waals surface area contributed by atoms with E-state index >= 15 is 0 Å². The molecule has 0 atom stereocenters. The van der Waals surface area contributed by atoms with Crippen LogP contribution in [0.3, 0.4) is 0 Å². The van der Waals surface area contributed by atoms with Crippen LogP contribution < -0.4 is 10.9 Å². The Morgan fingerprint density at radius 1 is 1.59 bits per heavy atom. The van der Waals surface area contributed by atoms with Crippen LogP contribution in [0.4, 0.5) is 5.82 Å². The molecule has 0 spiro atoms. The second-order valence-electron chi connectivity index (χ2n) is 3.62. The smallest absolute Gasteiger partial charge is 0.267 e. The summed E-state index contributed by atoms with van der Waals surface area (Å²) in [5, 5.41) is 3.10. The lowest BCUT2D eigenvalue weighted by Crippen LogP contribution is -2.28. The van der Waals surface area contributed by atoms with Crippen molar-refractivity contribution in [3.05, 3.63) is 21.2 Å². The second kappa shape index (κ2) is 7.41. The highest BCUT2D eigenvalue weighted by atomic mass is 79.9. The van der Waals surface area contributed by atoms with Crippen molar-refractivity contribution < 1.29 is 4.74 Å². The summed E-state index contributed by atoms with van der Waals surface area (Å²) in [5.74, 6) is 0.564. The van der Waals surface area contributed by atoms with Crippen LogP contribution in [0.15, 0.2) is 15.6 Å². The molecule has 0 aliphatic rings. The highest BCUT2D eigenvalue weighted by Crippen LogP contribution is 2.12. The van der Waals surface area contributed by atoms with Gasteiger partial charge in [0.25, 0.3) is 5.56 Å². The van der Waals surface area contributed by atoms with Crippen LogP contribution in [0.2, 0.25) is 0 Å². The van der Waals surface area contributed by atoms with E-state index in [1.165, 1.54) is 6.33 Å². The summed E-state index contributed by atoms with van der Waals surface area (Å²) in [7, 11) is 3.70. The van der Waals surface area contributed by atoms with Crippen LogP contribution in [-0.2, 0) is 4.74 Å². The van der Waals surface area contributed by atoms with E-state index in [0.717, 1.165) is 19.6 Å². The predicted molar refractivity (Wildman–Crippen MR) is 70.4 cm³/mol. The van der Waals surface area contributed by atoms with Gasteiger partial charge in [0.1, 0.15) is 10.3 Å². The van der Waals surface area contributed by atoms with Gasteiger partial charge < -0.3 is 19.9 Å². The van der Waals surface area contributed by atoms with E-state index in [1.54, 1.807) is 7.11 Å². The molecular formula is C10H17BrN4O2. The van der Waals surface area contributed by atoms with Gasteiger partial charge in [-0.15, -0.1) is 0 Å². The molecule has 0 fully saturated rings. The standard InChI is InChI=1S/C10H17BrN4O2/c1-15(5-6-17-2)4-3-12-9-8(11)10(16)14-7-13-9/h7H,3-6H2,1-2H3,(H2,12,13,14,16). The molecule has 0 unspecified atom stereocenters. The minimum Gasteiger partial charge on any atom is -0.383 e. The minimum absolute atomic E-state index is 0.185. The molecule has 1 heterocycles. The maximum absolute atomic E-state index is 11.3. The molecule has 0 aliphatic carbocycles. The Kier molecular flexibility index (Phi) is 6.17. The Bertz CT molecular complexity index is 396. The number of hydrogen-bond acceptors (Lipinski definition) is 5. The summed E-state index contributed by atoms with van der Waals surface area (Å²) >= 11 is 3.19. The number of nitrogens with zero attached hydrogens (tertiary/aromatic N) is 2. The van der Waals surface area contributed by atoms with Crippen molar-refractivity contribution in [2.75, 3.05) is 45.7 Å². The lowest BCUT2D eigenvalue weighted by atomic mass is 10.5. The number of methoxy groups -OCH3 is 1. The number of H-pyrrole nitrogens is 1. The first-order valence-electron chi connectivity index (χ1n) is 5.29. The van der Waals surface area contributed by atoms with E-state index in [0.29, 0.717) is 16.9 Å². The molecule has 0 bridgehead atoms. The van der Waals surface area contributed by atoms with Crippen molar-refractivity contribution in [2.24, 2.45) is 0 Å². The molecule has 2 N–H and O–H groups in total. The van der Waals surface area contributed by atoms with E-state index in [9.17, 15) is 4.79 Å². The topological polar surface area (TPSA) is 70.2 Å². The van der Waals surface area contributed by atoms with Gasteiger partial charge >= 0.3 is 0 Å². The van der Waals surface area contributed by atoms with E-state index in [4.69, 9.17) is 4.74 Å². The van der Waals surface area contributed by atoms with Crippen molar-refractivity contribution in [2.45, 2.75) is 0 Å². The number of aromatic amines is 1. The van der Waals surface area contributed by atoms with E-state index in [2.05, 4.69) is 36.1 Å². The van der Waals surface area contributed by atoms with Gasteiger partial charge in [-0.2, -0.15) is 0 Å². The fraction of sp³-hybridized carbons (Fsp3) is 0.600. The molecule has 7 heteroatoms. The minimum atomic E-state index is -0.185. The number of ether oxygens (including phenoxy) is 1. The molecule has 0 aromatic carbocycles. The maximum Gasteiger partial charge on any atom is 0.267 e. The molecular weight excluding hydrogens is 288 g/mol. The van der Waals surface area contributed by atoms with Gasteiger partial charge in [0.05, 0.1) is 12.9 Å². The molecule has 96 valence electrons. The molecule has 1 aromatic heterocycles. The van der Waals surface area contributed by atoms with Crippen LogP contribution in [0.5, 0.6) is 0 Å². The lowest BCUT2D eigenvalue weighted by molar-refractivity contribution is 0.163. The fourth-order valence-electron chi connectivity index (χ4n) is 1.23. The number of hydrogen-bond donors (Lipinski definition) is 2. The van der Waals surface area contributed by atoms with Gasteiger partial charge in [0, 0.05) is 26.7 Å². The van der Waals surface area contributed by atoms with Crippen LogP contribution in [0.1, 0.15) is 0 Å². The number of halogens is 1. The monoisotopic (exact) mass is 304 g/mol. The van der Waals surface area contributed by atoms with Crippen molar-refractivity contribution in [3.63, 3.8) is 0 Å². The zero-order chi connectivity index (χ0) is 12.7. The van der Waals surface area contributed by atoms with Crippen molar-refractivity contribution in [1.29, 1.82) is 0 Å². The summed E-state index contributed by atoms with van der Waals surface area (Å²) in [6, 6.07) is 0. The molecule has 0 radical (unpaired) electrons. The van der Waals surface area contributed by atoms with Gasteiger partial charge in [0.2, 0.25) is 0 Å². The molecule has 0 amide bonds. The average Bonchev–Trinajstić information content (AvgIpc) is 2.32. The lowest BCUT2D eigenvalue weighted by Gasteiger charge is -2.16. The zero-order valence-electron chi connectivity index (χ0n) is 9.99. The molecule has 0 aliphatic heterocycles. The highest BCUT2D eigenvalue weighted by molar-refractivity contribution is 9.10. The highest BCUT2D eigenvalue weighted by Gasteiger charge is 2.04. The van der Waals surface area contributed by atoms with Crippen molar-refractivity contribution in [3.8, 4) is 0 Å². The molecule has 6 nitrogen and oxygen atoms in total. The van der Waals surface area contributed by atoms with Crippen molar-refractivity contribution >= 4 is 21.7 Å². The van der Waals surface area contributed by atoms with Gasteiger partial charge in [-0.25, -0.2) is 4.98 Å². The second-order valence-corrected chi connectivity index (χ2v) is 4.41. The number of anilines is 1. The first-order chi connectivity index (χ1) is 8.15. The largest absolute Gasteiger partial charge is 0.383 e. The summed E-state index contributed by atoms with van der Waals surface area (Å²) in [4.78, 5) is 19.9. The predicted octanol–water partition coefficient (Wildman–Crippen LogP) is 0.522. The van der Waals surface area contributed by atoms with Crippen LogP contribution in [0, 0.1) is 0 Å². The van der Waals surface area contributed by atoms with Crippen molar-refractivity contribution in [1.82, 2.24) is 14.9 Å². The Labute approximate surface area is 109 Å². The zero-order valence-corrected chi connectivity index (χ0v) is 11.6. The summed E-state index contributed by atoms with van der Waals surface area (Å²) in [6.07, 6.45) is 1.38. The molecule has 1 aromatic rings. The summed E-state index contributed by atoms with van der Waals surface area (Å²) in [5.41, 5.74) is -0.185. The maximum atomic E-state index is 11.3. The van der Waals surface area contributed by atoms with Gasteiger partial charge in [0.15, 0.2) is 0 Å². The Morgan fingerprint density at radius 2 is 2.35 bits per heavy atom. The van der Waals surface area contributed by atoms with E-state index in [1.807, 2.05) is 7.05 Å². The van der Waals surface area contributed by atoms with Gasteiger partial charge in [-0.05, 0) is 23.0 Å². The number of nitrogens with one attached hydrogen (secondary N) is 2. The Morgan fingerprint density at radius 3 is 3.06 bits per heavy atom. The van der Waals surface area contributed by atoms with E-state index < -0.39 is 0 Å². The summed E-state index contributed by atoms with van der Waals surface area (Å²) in [6.45, 7) is 3.16.